The fraction of sp³-hybridized carbons (Fsp3) is 0.429. The van der Waals surface area contributed by atoms with Crippen LogP contribution in [0.4, 0.5) is 5.69 Å². The molecule has 0 spiro atoms. The summed E-state index contributed by atoms with van der Waals surface area (Å²) in [5, 5.41) is 3.16. The third-order valence-electron chi connectivity index (χ3n) is 5.10. The van der Waals surface area contributed by atoms with Crippen molar-refractivity contribution in [2.24, 2.45) is 5.92 Å². The van der Waals surface area contributed by atoms with Crippen LogP contribution in [-0.2, 0) is 0 Å². The molecule has 1 aromatic heterocycles. The van der Waals surface area contributed by atoms with E-state index in [1.54, 1.807) is 0 Å². The number of amides is 1. The van der Waals surface area contributed by atoms with Gasteiger partial charge in [-0.15, -0.1) is 0 Å². The van der Waals surface area contributed by atoms with Gasteiger partial charge in [-0.2, -0.15) is 0 Å². The number of benzene rings is 1. The van der Waals surface area contributed by atoms with E-state index in [0.29, 0.717) is 5.92 Å². The van der Waals surface area contributed by atoms with Crippen LogP contribution < -0.4 is 10.2 Å². The lowest BCUT2D eigenvalue weighted by atomic mass is 9.95. The van der Waals surface area contributed by atoms with Crippen molar-refractivity contribution in [3.8, 4) is 0 Å². The van der Waals surface area contributed by atoms with Crippen molar-refractivity contribution >= 4 is 11.6 Å². The van der Waals surface area contributed by atoms with Gasteiger partial charge in [-0.05, 0) is 62.8 Å². The van der Waals surface area contributed by atoms with Gasteiger partial charge < -0.3 is 10.2 Å². The fourth-order valence-corrected chi connectivity index (χ4v) is 3.81. The summed E-state index contributed by atoms with van der Waals surface area (Å²) in [5.41, 5.74) is 5.39. The van der Waals surface area contributed by atoms with Gasteiger partial charge in [0.15, 0.2) is 0 Å². The molecule has 0 saturated carbocycles. The maximum Gasteiger partial charge on any atom is 0.251 e. The number of carbonyl (C=O) groups is 1. The molecule has 3 rings (SSSR count). The van der Waals surface area contributed by atoms with E-state index in [1.165, 1.54) is 11.3 Å². The molecule has 2 heterocycles. The fourth-order valence-electron chi connectivity index (χ4n) is 3.81. The zero-order valence-corrected chi connectivity index (χ0v) is 15.4. The Bertz CT molecular complexity index is 711. The maximum atomic E-state index is 12.6. The number of piperidine rings is 1. The number of anilines is 1. The Morgan fingerprint density at radius 1 is 1.12 bits per heavy atom. The Labute approximate surface area is 150 Å². The van der Waals surface area contributed by atoms with Gasteiger partial charge in [0.25, 0.3) is 5.91 Å². The van der Waals surface area contributed by atoms with Crippen molar-refractivity contribution in [3.63, 3.8) is 0 Å². The van der Waals surface area contributed by atoms with E-state index in [-0.39, 0.29) is 5.91 Å². The number of aromatic nitrogens is 1. The molecule has 4 nitrogen and oxygen atoms in total. The quantitative estimate of drug-likeness (QED) is 0.926. The highest BCUT2D eigenvalue weighted by Gasteiger charge is 2.21. The third-order valence-corrected chi connectivity index (χ3v) is 5.10. The topological polar surface area (TPSA) is 45.2 Å². The smallest absolute Gasteiger partial charge is 0.251 e. The van der Waals surface area contributed by atoms with Gasteiger partial charge in [0, 0.05) is 43.3 Å². The molecular formula is C21H27N3O. The summed E-state index contributed by atoms with van der Waals surface area (Å²) < 4.78 is 0. The summed E-state index contributed by atoms with van der Waals surface area (Å²) in [6.07, 6.45) is 5.89. The van der Waals surface area contributed by atoms with Gasteiger partial charge in [0.05, 0.1) is 0 Å². The Hall–Kier alpha value is -2.36. The molecule has 1 saturated heterocycles. The van der Waals surface area contributed by atoms with Crippen molar-refractivity contribution in [1.29, 1.82) is 0 Å². The summed E-state index contributed by atoms with van der Waals surface area (Å²) in [4.78, 5) is 19.1. The second-order valence-corrected chi connectivity index (χ2v) is 7.12. The minimum absolute atomic E-state index is 0.0616. The molecular weight excluding hydrogens is 310 g/mol. The van der Waals surface area contributed by atoms with Gasteiger partial charge in [0.2, 0.25) is 0 Å². The lowest BCUT2D eigenvalue weighted by Crippen LogP contribution is -2.39. The maximum absolute atomic E-state index is 12.6. The zero-order valence-electron chi connectivity index (χ0n) is 15.4. The standard InChI is InChI=1S/C21H27N3O/c1-15-12-16(2)20(17(3)13-15)21(25)23-14-18-6-10-24(11-7-18)19-4-8-22-9-5-19/h4-5,8-9,12-13,18H,6-7,10-11,14H2,1-3H3,(H,23,25). The van der Waals surface area contributed by atoms with Crippen molar-refractivity contribution in [2.75, 3.05) is 24.5 Å². The van der Waals surface area contributed by atoms with E-state index >= 15 is 0 Å². The highest BCUT2D eigenvalue weighted by molar-refractivity contribution is 5.97. The zero-order chi connectivity index (χ0) is 17.8. The Kier molecular flexibility index (Phi) is 5.37. The Morgan fingerprint density at radius 3 is 2.32 bits per heavy atom. The molecule has 1 aromatic carbocycles. The number of rotatable bonds is 4. The van der Waals surface area contributed by atoms with Crippen LogP contribution in [0.1, 0.15) is 39.9 Å². The van der Waals surface area contributed by atoms with E-state index in [2.05, 4.69) is 46.4 Å². The lowest BCUT2D eigenvalue weighted by molar-refractivity contribution is 0.0943. The second kappa shape index (κ2) is 7.68. The summed E-state index contributed by atoms with van der Waals surface area (Å²) in [6.45, 7) is 8.93. The first kappa shape index (κ1) is 17.5. The van der Waals surface area contributed by atoms with Crippen LogP contribution in [0.5, 0.6) is 0 Å². The first-order valence-corrected chi connectivity index (χ1v) is 9.05. The molecule has 0 bridgehead atoms. The van der Waals surface area contributed by atoms with E-state index in [1.807, 2.05) is 26.2 Å². The SMILES string of the molecule is Cc1cc(C)c(C(=O)NCC2CCN(c3ccncc3)CC2)c(C)c1. The largest absolute Gasteiger partial charge is 0.371 e. The summed E-state index contributed by atoms with van der Waals surface area (Å²) in [5.74, 6) is 0.611. The number of aryl methyl sites for hydroxylation is 3. The van der Waals surface area contributed by atoms with Gasteiger partial charge in [-0.25, -0.2) is 0 Å². The van der Waals surface area contributed by atoms with Gasteiger partial charge in [0.1, 0.15) is 0 Å². The predicted octanol–water partition coefficient (Wildman–Crippen LogP) is 3.65. The van der Waals surface area contributed by atoms with Crippen LogP contribution in [0, 0.1) is 26.7 Å². The summed E-state index contributed by atoms with van der Waals surface area (Å²) in [6, 6.07) is 8.28. The minimum atomic E-state index is 0.0616. The van der Waals surface area contributed by atoms with Gasteiger partial charge in [-0.1, -0.05) is 17.7 Å². The number of carbonyl (C=O) groups excluding carboxylic acids is 1. The van der Waals surface area contributed by atoms with E-state index in [9.17, 15) is 4.79 Å². The number of pyridine rings is 1. The molecule has 25 heavy (non-hydrogen) atoms. The molecule has 1 fully saturated rings. The Balaban J connectivity index is 1.53. The third kappa shape index (κ3) is 4.19. The van der Waals surface area contributed by atoms with Gasteiger partial charge >= 0.3 is 0 Å². The van der Waals surface area contributed by atoms with Crippen LogP contribution in [0.15, 0.2) is 36.7 Å². The van der Waals surface area contributed by atoms with Gasteiger partial charge in [-0.3, -0.25) is 9.78 Å². The van der Waals surface area contributed by atoms with Crippen LogP contribution in [-0.4, -0.2) is 30.5 Å². The molecule has 0 aliphatic carbocycles. The Morgan fingerprint density at radius 2 is 1.72 bits per heavy atom. The molecule has 1 aliphatic heterocycles. The van der Waals surface area contributed by atoms with Crippen LogP contribution in [0.25, 0.3) is 0 Å². The van der Waals surface area contributed by atoms with Crippen molar-refractivity contribution in [2.45, 2.75) is 33.6 Å². The molecule has 132 valence electrons. The average Bonchev–Trinajstić information content (AvgIpc) is 2.60. The molecule has 1 aliphatic rings. The molecule has 4 heteroatoms. The molecule has 2 aromatic rings. The highest BCUT2D eigenvalue weighted by atomic mass is 16.1. The van der Waals surface area contributed by atoms with E-state index < -0.39 is 0 Å². The lowest BCUT2D eigenvalue weighted by Gasteiger charge is -2.33. The first-order chi connectivity index (χ1) is 12.0. The molecule has 0 atom stereocenters. The van der Waals surface area contributed by atoms with Crippen LogP contribution >= 0.6 is 0 Å². The molecule has 0 radical (unpaired) electrons. The van der Waals surface area contributed by atoms with Crippen molar-refractivity contribution in [1.82, 2.24) is 10.3 Å². The second-order valence-electron chi connectivity index (χ2n) is 7.12. The number of nitrogens with zero attached hydrogens (tertiary/aromatic N) is 2. The molecule has 0 unspecified atom stereocenters. The number of nitrogens with one attached hydrogen (secondary N) is 1. The number of hydrogen-bond donors (Lipinski definition) is 1. The normalized spacial score (nSPS) is 15.2. The van der Waals surface area contributed by atoms with E-state index in [4.69, 9.17) is 0 Å². The van der Waals surface area contributed by atoms with Crippen molar-refractivity contribution < 1.29 is 4.79 Å². The summed E-state index contributed by atoms with van der Waals surface area (Å²) >= 11 is 0. The average molecular weight is 337 g/mol. The monoisotopic (exact) mass is 337 g/mol. The first-order valence-electron chi connectivity index (χ1n) is 9.05. The van der Waals surface area contributed by atoms with Crippen LogP contribution in [0.2, 0.25) is 0 Å². The van der Waals surface area contributed by atoms with Crippen LogP contribution in [0.3, 0.4) is 0 Å². The highest BCUT2D eigenvalue weighted by Crippen LogP contribution is 2.22. The van der Waals surface area contributed by atoms with Crippen molar-refractivity contribution in [3.05, 3.63) is 58.9 Å². The minimum Gasteiger partial charge on any atom is -0.371 e. The number of hydrogen-bond acceptors (Lipinski definition) is 3. The predicted molar refractivity (Wildman–Crippen MR) is 102 cm³/mol. The molecule has 1 N–H and O–H groups in total. The molecule has 1 amide bonds. The van der Waals surface area contributed by atoms with E-state index in [0.717, 1.165) is 49.2 Å². The summed E-state index contributed by atoms with van der Waals surface area (Å²) in [7, 11) is 0.